The van der Waals surface area contributed by atoms with Crippen LogP contribution in [0.2, 0.25) is 0 Å². The second-order valence-electron chi connectivity index (χ2n) is 10.2. The predicted molar refractivity (Wildman–Crippen MR) is 129 cm³/mol. The number of benzene rings is 2. The van der Waals surface area contributed by atoms with Crippen molar-refractivity contribution in [2.24, 2.45) is 0 Å². The molecule has 1 radical (unpaired) electrons. The van der Waals surface area contributed by atoms with Crippen LogP contribution in [-0.2, 0) is 27.9 Å². The maximum Gasteiger partial charge on any atom is 0.255 e. The average molecular weight is 528 g/mol. The monoisotopic (exact) mass is 527 g/mol. The van der Waals surface area contributed by atoms with Gasteiger partial charge in [-0.25, -0.2) is 0 Å². The van der Waals surface area contributed by atoms with Gasteiger partial charge >= 0.3 is 0 Å². The molecule has 0 saturated carbocycles. The van der Waals surface area contributed by atoms with Gasteiger partial charge in [-0.1, -0.05) is 77.9 Å². The fourth-order valence-electron chi connectivity index (χ4n) is 3.52. The molecule has 2 N–H and O–H groups in total. The van der Waals surface area contributed by atoms with Crippen molar-refractivity contribution < 1.29 is 37.2 Å². The second kappa shape index (κ2) is 10.5. The number of aromatic nitrogens is 4. The molecule has 8 nitrogen and oxygen atoms in total. The Balaban J connectivity index is 0.000000240. The molecule has 2 aromatic carbocycles. The van der Waals surface area contributed by atoms with Crippen LogP contribution in [-0.4, -0.2) is 20.1 Å². The number of hydrogen-bond donors (Lipinski definition) is 2. The second-order valence-corrected chi connectivity index (χ2v) is 10.2. The van der Waals surface area contributed by atoms with Gasteiger partial charge in [0, 0.05) is 49.7 Å². The molecule has 4 rings (SSSR count). The first-order valence-corrected chi connectivity index (χ1v) is 11.0. The largest absolute Gasteiger partial charge is 0.593 e. The van der Waals surface area contributed by atoms with Gasteiger partial charge in [0.2, 0.25) is 0 Å². The Morgan fingerprint density at radius 1 is 0.600 bits per heavy atom. The van der Waals surface area contributed by atoms with E-state index in [-0.39, 0.29) is 27.9 Å². The van der Waals surface area contributed by atoms with E-state index in [0.29, 0.717) is 42.2 Å². The van der Waals surface area contributed by atoms with E-state index in [4.69, 9.17) is 0 Å². The Morgan fingerprint density at radius 3 is 1.11 bits per heavy atom. The molecule has 0 aliphatic heterocycles. The predicted octanol–water partition coefficient (Wildman–Crippen LogP) is 4.64. The van der Waals surface area contributed by atoms with Crippen molar-refractivity contribution in [3.63, 3.8) is 0 Å². The van der Waals surface area contributed by atoms with Crippen LogP contribution in [0, 0.1) is 10.4 Å². The van der Waals surface area contributed by atoms with Crippen LogP contribution in [0.3, 0.4) is 0 Å². The Labute approximate surface area is 216 Å². The standard InChI is InChI=1S/2C13H16N2O2.Cu/c2*1-13(2,3)12-9-11(14(16)15(12)17)10-7-5-4-6-8-10;/h2*4-9,17H,1-3H3;. The normalized spacial score (nSPS) is 11.4. The molecule has 0 aliphatic carbocycles. The molecule has 0 amide bonds. The van der Waals surface area contributed by atoms with Gasteiger partial charge in [0.15, 0.2) is 0 Å². The summed E-state index contributed by atoms with van der Waals surface area (Å²) in [6, 6.07) is 22.0. The van der Waals surface area contributed by atoms with Crippen LogP contribution < -0.4 is 9.69 Å². The SMILES string of the molecule is CC(C)(C)c1cc(-c2ccccc2)[n+]([O-])n1O.CC(C)(C)c1cc(-c2ccccc2)[n+]([O-])n1O.[Cu]. The molecule has 0 atom stereocenters. The number of hydrogen-bond acceptors (Lipinski definition) is 4. The fourth-order valence-corrected chi connectivity index (χ4v) is 3.52. The van der Waals surface area contributed by atoms with Crippen LogP contribution in [0.1, 0.15) is 52.9 Å². The van der Waals surface area contributed by atoms with Crippen molar-refractivity contribution in [2.75, 3.05) is 0 Å². The van der Waals surface area contributed by atoms with Crippen LogP contribution >= 0.6 is 0 Å². The van der Waals surface area contributed by atoms with Gasteiger partial charge in [-0.05, 0) is 34.0 Å². The fraction of sp³-hybridized carbons (Fsp3) is 0.308. The van der Waals surface area contributed by atoms with Gasteiger partial charge < -0.3 is 20.8 Å². The molecular formula is C26H32CuN4O4. The summed E-state index contributed by atoms with van der Waals surface area (Å²) in [5, 5.41) is 43.3. The molecule has 9 heteroatoms. The first-order chi connectivity index (χ1) is 15.8. The summed E-state index contributed by atoms with van der Waals surface area (Å²) in [5.41, 5.74) is 3.11. The van der Waals surface area contributed by atoms with E-state index in [2.05, 4.69) is 0 Å². The molecule has 35 heavy (non-hydrogen) atoms. The van der Waals surface area contributed by atoms with Crippen molar-refractivity contribution in [1.82, 2.24) is 9.69 Å². The van der Waals surface area contributed by atoms with Gasteiger partial charge in [0.05, 0.1) is 11.1 Å². The molecule has 0 fully saturated rings. The van der Waals surface area contributed by atoms with Gasteiger partial charge in [0.25, 0.3) is 11.4 Å². The summed E-state index contributed by atoms with van der Waals surface area (Å²) >= 11 is 0. The van der Waals surface area contributed by atoms with E-state index in [1.807, 2.05) is 102 Å². The average Bonchev–Trinajstić information content (AvgIpc) is 3.26. The Kier molecular flexibility index (Phi) is 8.31. The van der Waals surface area contributed by atoms with E-state index in [0.717, 1.165) is 11.1 Å². The van der Waals surface area contributed by atoms with Crippen molar-refractivity contribution in [3.05, 3.63) is 94.6 Å². The smallest absolute Gasteiger partial charge is 0.255 e. The summed E-state index contributed by atoms with van der Waals surface area (Å²) in [6.45, 7) is 11.7. The zero-order valence-electron chi connectivity index (χ0n) is 20.7. The summed E-state index contributed by atoms with van der Waals surface area (Å²) in [5.74, 6) is 0. The third-order valence-electron chi connectivity index (χ3n) is 5.41. The van der Waals surface area contributed by atoms with Gasteiger partial charge in [0.1, 0.15) is 11.4 Å². The first-order valence-electron chi connectivity index (χ1n) is 11.0. The maximum absolute atomic E-state index is 11.9. The summed E-state index contributed by atoms with van der Waals surface area (Å²) in [6.07, 6.45) is 0. The van der Waals surface area contributed by atoms with Crippen molar-refractivity contribution in [1.29, 1.82) is 0 Å². The zero-order valence-corrected chi connectivity index (χ0v) is 21.7. The third-order valence-corrected chi connectivity index (χ3v) is 5.41. The first kappa shape index (κ1) is 27.8. The molecule has 191 valence electrons. The Hall–Kier alpha value is -3.42. The van der Waals surface area contributed by atoms with Gasteiger partial charge in [-0.2, -0.15) is 0 Å². The molecule has 0 unspecified atom stereocenters. The van der Waals surface area contributed by atoms with Crippen molar-refractivity contribution >= 4 is 0 Å². The van der Waals surface area contributed by atoms with E-state index in [9.17, 15) is 20.8 Å². The Bertz CT molecular complexity index is 1150. The summed E-state index contributed by atoms with van der Waals surface area (Å²) in [4.78, 5) is 2.36. The van der Waals surface area contributed by atoms with Crippen LogP contribution in [0.25, 0.3) is 22.5 Å². The molecule has 0 bridgehead atoms. The molecule has 0 spiro atoms. The van der Waals surface area contributed by atoms with E-state index in [1.54, 1.807) is 12.1 Å². The number of nitrogens with zero attached hydrogens (tertiary/aromatic N) is 4. The van der Waals surface area contributed by atoms with E-state index in [1.165, 1.54) is 0 Å². The molecule has 4 aromatic rings. The molecular weight excluding hydrogens is 496 g/mol. The van der Waals surface area contributed by atoms with Gasteiger partial charge in [-0.15, -0.1) is 0 Å². The number of rotatable bonds is 2. The van der Waals surface area contributed by atoms with Crippen molar-refractivity contribution in [2.45, 2.75) is 52.4 Å². The molecule has 0 aliphatic rings. The van der Waals surface area contributed by atoms with E-state index < -0.39 is 0 Å². The topological polar surface area (TPSA) is 104 Å². The maximum atomic E-state index is 11.9. The zero-order chi connectivity index (χ0) is 25.3. The molecule has 2 aromatic heterocycles. The van der Waals surface area contributed by atoms with Crippen molar-refractivity contribution in [3.8, 4) is 22.5 Å². The minimum absolute atomic E-state index is 0. The summed E-state index contributed by atoms with van der Waals surface area (Å²) < 4.78 is 0. The van der Waals surface area contributed by atoms with Crippen LogP contribution in [0.5, 0.6) is 0 Å². The van der Waals surface area contributed by atoms with Crippen LogP contribution in [0.15, 0.2) is 72.8 Å². The Morgan fingerprint density at radius 2 is 0.886 bits per heavy atom. The minimum Gasteiger partial charge on any atom is -0.593 e. The van der Waals surface area contributed by atoms with E-state index >= 15 is 0 Å². The minimum atomic E-state index is -0.284. The van der Waals surface area contributed by atoms with Crippen LogP contribution in [0.4, 0.5) is 0 Å². The molecule has 2 heterocycles. The molecule has 0 saturated heterocycles. The quantitative estimate of drug-likeness (QED) is 0.171. The van der Waals surface area contributed by atoms with Gasteiger partial charge in [-0.3, -0.25) is 0 Å². The third kappa shape index (κ3) is 5.99. The summed E-state index contributed by atoms with van der Waals surface area (Å²) in [7, 11) is 0.